The molecule has 0 saturated carbocycles. The molecule has 0 N–H and O–H groups in total. The summed E-state index contributed by atoms with van der Waals surface area (Å²) in [6.07, 6.45) is 2.41. The summed E-state index contributed by atoms with van der Waals surface area (Å²) in [6, 6.07) is 6.01. The monoisotopic (exact) mass is 286 g/mol. The standard InChI is InChI=1S/C14H19ClO2S/c1-10-6-7-12(11(2)9-10)14(15)13-5-3-4-8-18(13,16)17/h6-7,9,13-14H,3-5,8H2,1-2H3. The molecule has 0 spiro atoms. The van der Waals surface area contributed by atoms with Crippen LogP contribution in [0, 0.1) is 13.8 Å². The minimum Gasteiger partial charge on any atom is -0.228 e. The fraction of sp³-hybridized carbons (Fsp3) is 0.571. The van der Waals surface area contributed by atoms with Gasteiger partial charge in [-0.05, 0) is 37.8 Å². The van der Waals surface area contributed by atoms with Gasteiger partial charge in [0.05, 0.1) is 16.4 Å². The average Bonchev–Trinajstić information content (AvgIpc) is 2.27. The van der Waals surface area contributed by atoms with E-state index in [9.17, 15) is 8.42 Å². The van der Waals surface area contributed by atoms with Gasteiger partial charge in [-0.3, -0.25) is 0 Å². The van der Waals surface area contributed by atoms with Crippen LogP contribution in [0.3, 0.4) is 0 Å². The molecule has 1 aliphatic rings. The van der Waals surface area contributed by atoms with Crippen molar-refractivity contribution in [2.24, 2.45) is 0 Å². The number of hydrogen-bond acceptors (Lipinski definition) is 2. The van der Waals surface area contributed by atoms with E-state index in [1.54, 1.807) is 0 Å². The lowest BCUT2D eigenvalue weighted by Crippen LogP contribution is -2.32. The molecular weight excluding hydrogens is 268 g/mol. The molecule has 1 aromatic rings. The van der Waals surface area contributed by atoms with E-state index in [1.165, 1.54) is 5.56 Å². The van der Waals surface area contributed by atoms with Crippen molar-refractivity contribution in [1.29, 1.82) is 0 Å². The Morgan fingerprint density at radius 1 is 1.28 bits per heavy atom. The highest BCUT2D eigenvalue weighted by Gasteiger charge is 2.35. The Morgan fingerprint density at radius 3 is 2.61 bits per heavy atom. The van der Waals surface area contributed by atoms with Crippen LogP contribution in [-0.4, -0.2) is 19.4 Å². The number of rotatable bonds is 2. The molecule has 2 atom stereocenters. The Balaban J connectivity index is 2.33. The molecule has 0 aliphatic carbocycles. The van der Waals surface area contributed by atoms with E-state index in [-0.39, 0.29) is 5.75 Å². The molecular formula is C14H19ClO2S. The zero-order valence-corrected chi connectivity index (χ0v) is 12.4. The summed E-state index contributed by atoms with van der Waals surface area (Å²) in [5.74, 6) is 0.284. The molecule has 4 heteroatoms. The first-order valence-electron chi connectivity index (χ1n) is 6.34. The molecule has 0 amide bonds. The summed E-state index contributed by atoms with van der Waals surface area (Å²) < 4.78 is 24.2. The van der Waals surface area contributed by atoms with Gasteiger partial charge in [0.25, 0.3) is 0 Å². The average molecular weight is 287 g/mol. The van der Waals surface area contributed by atoms with Gasteiger partial charge >= 0.3 is 0 Å². The van der Waals surface area contributed by atoms with Crippen LogP contribution < -0.4 is 0 Å². The van der Waals surface area contributed by atoms with Crippen molar-refractivity contribution in [2.45, 2.75) is 43.7 Å². The smallest absolute Gasteiger partial charge is 0.154 e. The second-order valence-electron chi connectivity index (χ2n) is 5.16. The van der Waals surface area contributed by atoms with E-state index in [4.69, 9.17) is 11.6 Å². The normalized spacial score (nSPS) is 24.7. The van der Waals surface area contributed by atoms with Crippen molar-refractivity contribution in [3.63, 3.8) is 0 Å². The number of sulfone groups is 1. The number of aryl methyl sites for hydroxylation is 2. The van der Waals surface area contributed by atoms with Crippen LogP contribution >= 0.6 is 11.6 Å². The summed E-state index contributed by atoms with van der Waals surface area (Å²) in [5.41, 5.74) is 3.21. The van der Waals surface area contributed by atoms with Crippen LogP contribution in [0.4, 0.5) is 0 Å². The topological polar surface area (TPSA) is 34.1 Å². The van der Waals surface area contributed by atoms with Gasteiger partial charge in [0.15, 0.2) is 9.84 Å². The minimum absolute atomic E-state index is 0.284. The molecule has 2 nitrogen and oxygen atoms in total. The van der Waals surface area contributed by atoms with Gasteiger partial charge in [-0.25, -0.2) is 8.42 Å². The number of halogens is 1. The highest BCUT2D eigenvalue weighted by molar-refractivity contribution is 7.92. The molecule has 1 aromatic carbocycles. The molecule has 2 unspecified atom stereocenters. The molecule has 100 valence electrons. The fourth-order valence-corrected chi connectivity index (χ4v) is 5.43. The van der Waals surface area contributed by atoms with Gasteiger partial charge in [0.1, 0.15) is 0 Å². The Morgan fingerprint density at radius 2 is 2.00 bits per heavy atom. The van der Waals surface area contributed by atoms with Crippen molar-refractivity contribution >= 4 is 21.4 Å². The molecule has 1 heterocycles. The van der Waals surface area contributed by atoms with Gasteiger partial charge in [0, 0.05) is 0 Å². The zero-order chi connectivity index (χ0) is 13.3. The van der Waals surface area contributed by atoms with Crippen LogP contribution in [0.25, 0.3) is 0 Å². The Bertz CT molecular complexity index is 537. The minimum atomic E-state index is -3.03. The molecule has 0 bridgehead atoms. The Hall–Kier alpha value is -0.540. The maximum absolute atomic E-state index is 12.1. The quantitative estimate of drug-likeness (QED) is 0.779. The third kappa shape index (κ3) is 2.72. The predicted molar refractivity (Wildman–Crippen MR) is 75.9 cm³/mol. The molecule has 0 aromatic heterocycles. The Labute approximate surface area is 114 Å². The first-order valence-corrected chi connectivity index (χ1v) is 8.50. The summed E-state index contributed by atoms with van der Waals surface area (Å²) in [4.78, 5) is 0. The summed E-state index contributed by atoms with van der Waals surface area (Å²) >= 11 is 6.45. The third-order valence-corrected chi connectivity index (χ3v) is 6.65. The maximum atomic E-state index is 12.1. The summed E-state index contributed by atoms with van der Waals surface area (Å²) in [5, 5.41) is -0.842. The van der Waals surface area contributed by atoms with Gasteiger partial charge in [-0.2, -0.15) is 0 Å². The summed E-state index contributed by atoms with van der Waals surface area (Å²) in [7, 11) is -3.03. The van der Waals surface area contributed by atoms with E-state index >= 15 is 0 Å². The van der Waals surface area contributed by atoms with Crippen LogP contribution in [0.2, 0.25) is 0 Å². The Kier molecular flexibility index (Phi) is 4.02. The molecule has 1 fully saturated rings. The lowest BCUT2D eigenvalue weighted by Gasteiger charge is -2.27. The number of alkyl halides is 1. The van der Waals surface area contributed by atoms with Crippen molar-refractivity contribution < 1.29 is 8.42 Å². The van der Waals surface area contributed by atoms with Crippen LogP contribution in [-0.2, 0) is 9.84 Å². The van der Waals surface area contributed by atoms with E-state index in [0.717, 1.165) is 24.0 Å². The zero-order valence-electron chi connectivity index (χ0n) is 10.8. The van der Waals surface area contributed by atoms with E-state index in [0.29, 0.717) is 6.42 Å². The molecule has 1 saturated heterocycles. The van der Waals surface area contributed by atoms with Crippen molar-refractivity contribution in [1.82, 2.24) is 0 Å². The predicted octanol–water partition coefficient (Wildman–Crippen LogP) is 3.55. The van der Waals surface area contributed by atoms with Crippen molar-refractivity contribution in [2.75, 3.05) is 5.75 Å². The highest BCUT2D eigenvalue weighted by Crippen LogP contribution is 2.36. The van der Waals surface area contributed by atoms with Crippen LogP contribution in [0.1, 0.15) is 41.3 Å². The number of benzene rings is 1. The van der Waals surface area contributed by atoms with Crippen LogP contribution in [0.15, 0.2) is 18.2 Å². The molecule has 1 aliphatic heterocycles. The van der Waals surface area contributed by atoms with Crippen molar-refractivity contribution in [3.05, 3.63) is 34.9 Å². The lowest BCUT2D eigenvalue weighted by molar-refractivity contribution is 0.533. The van der Waals surface area contributed by atoms with Gasteiger partial charge < -0.3 is 0 Å². The van der Waals surface area contributed by atoms with Gasteiger partial charge in [-0.1, -0.05) is 30.2 Å². The second kappa shape index (κ2) is 5.22. The number of hydrogen-bond donors (Lipinski definition) is 0. The van der Waals surface area contributed by atoms with Crippen molar-refractivity contribution in [3.8, 4) is 0 Å². The molecule has 0 radical (unpaired) electrons. The fourth-order valence-electron chi connectivity index (χ4n) is 2.64. The lowest BCUT2D eigenvalue weighted by atomic mass is 9.99. The first kappa shape index (κ1) is 13.9. The molecule has 18 heavy (non-hydrogen) atoms. The first-order chi connectivity index (χ1) is 8.42. The second-order valence-corrected chi connectivity index (χ2v) is 7.97. The maximum Gasteiger partial charge on any atom is 0.154 e. The van der Waals surface area contributed by atoms with Gasteiger partial charge in [0.2, 0.25) is 0 Å². The van der Waals surface area contributed by atoms with E-state index in [2.05, 4.69) is 6.07 Å². The van der Waals surface area contributed by atoms with Gasteiger partial charge in [-0.15, -0.1) is 11.6 Å². The van der Waals surface area contributed by atoms with E-state index < -0.39 is 20.5 Å². The summed E-state index contributed by atoms with van der Waals surface area (Å²) in [6.45, 7) is 4.02. The SMILES string of the molecule is Cc1ccc(C(Cl)C2CCCCS2(=O)=O)c(C)c1. The third-order valence-electron chi connectivity index (χ3n) is 3.68. The van der Waals surface area contributed by atoms with Crippen LogP contribution in [0.5, 0.6) is 0 Å². The van der Waals surface area contributed by atoms with E-state index in [1.807, 2.05) is 26.0 Å². The molecule has 2 rings (SSSR count). The largest absolute Gasteiger partial charge is 0.228 e. The highest BCUT2D eigenvalue weighted by atomic mass is 35.5.